The molecule has 7 heteroatoms. The van der Waals surface area contributed by atoms with E-state index in [0.29, 0.717) is 12.8 Å². The van der Waals surface area contributed by atoms with Crippen LogP contribution in [0.5, 0.6) is 0 Å². The van der Waals surface area contributed by atoms with Gasteiger partial charge in [0.15, 0.2) is 5.78 Å². The van der Waals surface area contributed by atoms with E-state index in [9.17, 15) is 14.4 Å². The first kappa shape index (κ1) is 19.9. The largest absolute Gasteiger partial charge is 0.345 e. The Morgan fingerprint density at radius 3 is 2.63 bits per heavy atom. The van der Waals surface area contributed by atoms with E-state index in [4.69, 9.17) is 5.73 Å². The fraction of sp³-hybridized carbons (Fsp3) is 0.550. The minimum atomic E-state index is -0.679. The van der Waals surface area contributed by atoms with Gasteiger partial charge in [0.05, 0.1) is 16.7 Å². The molecule has 3 rings (SSSR count). The van der Waals surface area contributed by atoms with Crippen LogP contribution in [-0.4, -0.2) is 46.0 Å². The Morgan fingerprint density at radius 1 is 1.30 bits per heavy atom. The summed E-state index contributed by atoms with van der Waals surface area (Å²) in [6.07, 6.45) is 2.76. The van der Waals surface area contributed by atoms with Crippen molar-refractivity contribution in [3.63, 3.8) is 0 Å². The molecule has 0 bridgehead atoms. The van der Waals surface area contributed by atoms with Crippen molar-refractivity contribution in [2.45, 2.75) is 68.3 Å². The number of hydrogen-bond donors (Lipinski definition) is 2. The molecule has 2 saturated heterocycles. The molecule has 0 aromatic heterocycles. The van der Waals surface area contributed by atoms with Crippen molar-refractivity contribution in [2.75, 3.05) is 0 Å². The van der Waals surface area contributed by atoms with Crippen molar-refractivity contribution < 1.29 is 14.4 Å². The Hall–Kier alpha value is -1.86. The van der Waals surface area contributed by atoms with E-state index in [0.717, 1.165) is 18.4 Å². The zero-order chi connectivity index (χ0) is 19.6. The van der Waals surface area contributed by atoms with Gasteiger partial charge >= 0.3 is 0 Å². The predicted molar refractivity (Wildman–Crippen MR) is 106 cm³/mol. The Labute approximate surface area is 164 Å². The van der Waals surface area contributed by atoms with E-state index in [1.165, 1.54) is 6.92 Å². The lowest BCUT2D eigenvalue weighted by atomic mass is 10.0. The standard InChI is InChI=1S/C20H27N3O3S/c1-3-7-14(12(2)24)22-19(25)15-10-11-16-23(15)20(26)17(21)18(27-16)13-8-5-4-6-9-13/h4-6,8-9,14-18H,3,7,10-11,21H2,1-2H3,(H,22,25). The second kappa shape index (κ2) is 8.44. The molecule has 1 aromatic rings. The van der Waals surface area contributed by atoms with Gasteiger partial charge < -0.3 is 16.0 Å². The quantitative estimate of drug-likeness (QED) is 0.776. The second-order valence-electron chi connectivity index (χ2n) is 7.25. The molecule has 2 heterocycles. The summed E-state index contributed by atoms with van der Waals surface area (Å²) < 4.78 is 0. The van der Waals surface area contributed by atoms with Gasteiger partial charge in [0.1, 0.15) is 12.1 Å². The third-order valence-corrected chi connectivity index (χ3v) is 6.95. The third-order valence-electron chi connectivity index (χ3n) is 5.32. The number of nitrogens with zero attached hydrogens (tertiary/aromatic N) is 1. The fourth-order valence-electron chi connectivity index (χ4n) is 3.88. The molecule has 146 valence electrons. The SMILES string of the molecule is CCCC(NC(=O)C1CCC2SC(c3ccccc3)C(N)C(=O)N21)C(C)=O. The van der Waals surface area contributed by atoms with Crippen LogP contribution in [0.15, 0.2) is 30.3 Å². The van der Waals surface area contributed by atoms with Crippen LogP contribution in [-0.2, 0) is 14.4 Å². The molecule has 0 spiro atoms. The highest BCUT2D eigenvalue weighted by Crippen LogP contribution is 2.46. The van der Waals surface area contributed by atoms with Crippen molar-refractivity contribution >= 4 is 29.4 Å². The number of amides is 2. The molecular weight excluding hydrogens is 362 g/mol. The van der Waals surface area contributed by atoms with Crippen LogP contribution in [0, 0.1) is 0 Å². The number of fused-ring (bicyclic) bond motifs is 1. The molecule has 5 unspecified atom stereocenters. The van der Waals surface area contributed by atoms with E-state index in [1.807, 2.05) is 37.3 Å². The summed E-state index contributed by atoms with van der Waals surface area (Å²) in [4.78, 5) is 39.2. The van der Waals surface area contributed by atoms with Crippen molar-refractivity contribution in [2.24, 2.45) is 5.73 Å². The summed E-state index contributed by atoms with van der Waals surface area (Å²) >= 11 is 1.66. The van der Waals surface area contributed by atoms with Gasteiger partial charge in [-0.25, -0.2) is 0 Å². The van der Waals surface area contributed by atoms with E-state index in [-0.39, 0.29) is 28.2 Å². The lowest BCUT2D eigenvalue weighted by molar-refractivity contribution is -0.141. The van der Waals surface area contributed by atoms with Crippen LogP contribution in [0.25, 0.3) is 0 Å². The highest BCUT2D eigenvalue weighted by atomic mass is 32.2. The van der Waals surface area contributed by atoms with Crippen molar-refractivity contribution in [1.29, 1.82) is 0 Å². The first-order valence-electron chi connectivity index (χ1n) is 9.53. The Kier molecular flexibility index (Phi) is 6.22. The van der Waals surface area contributed by atoms with Gasteiger partial charge in [-0.15, -0.1) is 11.8 Å². The summed E-state index contributed by atoms with van der Waals surface area (Å²) in [7, 11) is 0. The van der Waals surface area contributed by atoms with Gasteiger partial charge in [-0.3, -0.25) is 14.4 Å². The van der Waals surface area contributed by atoms with Gasteiger partial charge in [0, 0.05) is 0 Å². The lowest BCUT2D eigenvalue weighted by Gasteiger charge is -2.40. The predicted octanol–water partition coefficient (Wildman–Crippen LogP) is 1.99. The van der Waals surface area contributed by atoms with Crippen LogP contribution in [0.4, 0.5) is 0 Å². The number of nitrogens with one attached hydrogen (secondary N) is 1. The van der Waals surface area contributed by atoms with Gasteiger partial charge in [0.2, 0.25) is 11.8 Å². The fourth-order valence-corrected chi connectivity index (χ4v) is 5.48. The van der Waals surface area contributed by atoms with Crippen LogP contribution >= 0.6 is 11.8 Å². The highest BCUT2D eigenvalue weighted by Gasteiger charge is 2.49. The molecule has 0 aliphatic carbocycles. The van der Waals surface area contributed by atoms with Gasteiger partial charge in [-0.1, -0.05) is 43.7 Å². The maximum Gasteiger partial charge on any atom is 0.243 e. The molecule has 6 nitrogen and oxygen atoms in total. The molecule has 2 fully saturated rings. The Bertz CT molecular complexity index is 712. The summed E-state index contributed by atoms with van der Waals surface area (Å²) in [6, 6.07) is 8.09. The first-order valence-corrected chi connectivity index (χ1v) is 10.5. The minimum Gasteiger partial charge on any atom is -0.345 e. The average molecular weight is 390 g/mol. The molecule has 5 atom stereocenters. The van der Waals surface area contributed by atoms with Gasteiger partial charge in [-0.05, 0) is 31.7 Å². The van der Waals surface area contributed by atoms with Gasteiger partial charge in [-0.2, -0.15) is 0 Å². The van der Waals surface area contributed by atoms with Crippen LogP contribution in [0.3, 0.4) is 0 Å². The number of carbonyl (C=O) groups excluding carboxylic acids is 3. The number of hydrogen-bond acceptors (Lipinski definition) is 5. The molecule has 2 amide bonds. The molecule has 2 aliphatic rings. The van der Waals surface area contributed by atoms with Crippen LogP contribution in [0.1, 0.15) is 50.3 Å². The molecule has 1 aromatic carbocycles. The monoisotopic (exact) mass is 389 g/mol. The number of nitrogens with two attached hydrogens (primary N) is 1. The van der Waals surface area contributed by atoms with Crippen molar-refractivity contribution in [3.05, 3.63) is 35.9 Å². The number of thioether (sulfide) groups is 1. The molecule has 3 N–H and O–H groups in total. The molecule has 2 aliphatic heterocycles. The number of ketones is 1. The molecule has 27 heavy (non-hydrogen) atoms. The summed E-state index contributed by atoms with van der Waals surface area (Å²) in [5.41, 5.74) is 7.31. The third kappa shape index (κ3) is 4.04. The highest BCUT2D eigenvalue weighted by molar-refractivity contribution is 8.00. The zero-order valence-corrected chi connectivity index (χ0v) is 16.6. The first-order chi connectivity index (χ1) is 12.9. The Balaban J connectivity index is 1.73. The van der Waals surface area contributed by atoms with E-state index >= 15 is 0 Å². The van der Waals surface area contributed by atoms with Crippen LogP contribution in [0.2, 0.25) is 0 Å². The molecule has 0 radical (unpaired) electrons. The topological polar surface area (TPSA) is 92.5 Å². The zero-order valence-electron chi connectivity index (χ0n) is 15.8. The van der Waals surface area contributed by atoms with E-state index in [2.05, 4.69) is 5.32 Å². The summed E-state index contributed by atoms with van der Waals surface area (Å²) in [6.45, 7) is 3.46. The number of benzene rings is 1. The Morgan fingerprint density at radius 2 is 2.00 bits per heavy atom. The maximum atomic E-state index is 13.0. The van der Waals surface area contributed by atoms with Crippen molar-refractivity contribution in [1.82, 2.24) is 10.2 Å². The second-order valence-corrected chi connectivity index (χ2v) is 8.57. The average Bonchev–Trinajstić information content (AvgIpc) is 3.09. The number of Topliss-reactive ketones (excluding diaryl/α,β-unsaturated/α-hetero) is 1. The smallest absolute Gasteiger partial charge is 0.243 e. The normalized spacial score (nSPS) is 28.6. The van der Waals surface area contributed by atoms with Crippen molar-refractivity contribution in [3.8, 4) is 0 Å². The molecule has 0 saturated carbocycles. The minimum absolute atomic E-state index is 0.0554. The lowest BCUT2D eigenvalue weighted by Crippen LogP contribution is -2.58. The maximum absolute atomic E-state index is 13.0. The van der Waals surface area contributed by atoms with E-state index < -0.39 is 18.1 Å². The van der Waals surface area contributed by atoms with E-state index in [1.54, 1.807) is 16.7 Å². The number of carbonyl (C=O) groups is 3. The summed E-state index contributed by atoms with van der Waals surface area (Å²) in [5, 5.41) is 2.68. The number of rotatable bonds is 6. The summed E-state index contributed by atoms with van der Waals surface area (Å²) in [5.74, 6) is -0.481. The van der Waals surface area contributed by atoms with Gasteiger partial charge in [0.25, 0.3) is 0 Å². The van der Waals surface area contributed by atoms with Crippen LogP contribution < -0.4 is 11.1 Å². The molecular formula is C20H27N3O3S.